The highest BCUT2D eigenvalue weighted by Crippen LogP contribution is 2.30. The minimum absolute atomic E-state index is 0.206. The SMILES string of the molecule is Cc1nc(Sc2c(C(=O)O)c(C)nn2C)nc(C)c1C. The molecule has 0 saturated heterocycles. The van der Waals surface area contributed by atoms with Crippen LogP contribution in [0.25, 0.3) is 0 Å². The third-order valence-electron chi connectivity index (χ3n) is 3.18. The summed E-state index contributed by atoms with van der Waals surface area (Å²) in [6.45, 7) is 7.48. The molecular formula is C13H16N4O2S. The second kappa shape index (κ2) is 5.24. The molecule has 0 radical (unpaired) electrons. The summed E-state index contributed by atoms with van der Waals surface area (Å²) in [5, 5.41) is 14.5. The van der Waals surface area contributed by atoms with Gasteiger partial charge >= 0.3 is 5.97 Å². The average molecular weight is 292 g/mol. The number of aromatic carboxylic acids is 1. The van der Waals surface area contributed by atoms with Gasteiger partial charge < -0.3 is 5.11 Å². The van der Waals surface area contributed by atoms with Crippen molar-refractivity contribution >= 4 is 17.7 Å². The van der Waals surface area contributed by atoms with Gasteiger partial charge in [-0.2, -0.15) is 5.10 Å². The monoisotopic (exact) mass is 292 g/mol. The maximum atomic E-state index is 11.3. The Labute approximate surface area is 121 Å². The molecule has 0 aliphatic heterocycles. The molecule has 0 unspecified atom stereocenters. The van der Waals surface area contributed by atoms with Gasteiger partial charge in [-0.05, 0) is 45.0 Å². The van der Waals surface area contributed by atoms with Gasteiger partial charge in [-0.3, -0.25) is 4.68 Å². The smallest absolute Gasteiger partial charge is 0.340 e. The number of hydrogen-bond donors (Lipinski definition) is 1. The lowest BCUT2D eigenvalue weighted by Crippen LogP contribution is -2.03. The van der Waals surface area contributed by atoms with Gasteiger partial charge in [0.2, 0.25) is 0 Å². The van der Waals surface area contributed by atoms with E-state index in [1.54, 1.807) is 18.7 Å². The number of aromatic nitrogens is 4. The van der Waals surface area contributed by atoms with Gasteiger partial charge in [0.05, 0.1) is 5.69 Å². The van der Waals surface area contributed by atoms with E-state index in [1.165, 1.54) is 11.8 Å². The molecule has 106 valence electrons. The van der Waals surface area contributed by atoms with E-state index in [2.05, 4.69) is 15.1 Å². The van der Waals surface area contributed by atoms with Gasteiger partial charge in [0.25, 0.3) is 0 Å². The van der Waals surface area contributed by atoms with Crippen molar-refractivity contribution in [1.29, 1.82) is 0 Å². The summed E-state index contributed by atoms with van der Waals surface area (Å²) < 4.78 is 1.55. The fourth-order valence-corrected chi connectivity index (χ4v) is 2.92. The van der Waals surface area contributed by atoms with Crippen LogP contribution in [0, 0.1) is 27.7 Å². The average Bonchev–Trinajstić information content (AvgIpc) is 2.61. The second-order valence-corrected chi connectivity index (χ2v) is 5.55. The summed E-state index contributed by atoms with van der Waals surface area (Å²) in [4.78, 5) is 20.1. The predicted molar refractivity (Wildman–Crippen MR) is 75.3 cm³/mol. The molecule has 0 amide bonds. The quantitative estimate of drug-likeness (QED) is 0.874. The highest BCUT2D eigenvalue weighted by Gasteiger charge is 2.21. The zero-order valence-electron chi connectivity index (χ0n) is 12.1. The van der Waals surface area contributed by atoms with Crippen LogP contribution in [0.2, 0.25) is 0 Å². The largest absolute Gasteiger partial charge is 0.478 e. The van der Waals surface area contributed by atoms with E-state index in [0.29, 0.717) is 15.9 Å². The molecule has 20 heavy (non-hydrogen) atoms. The van der Waals surface area contributed by atoms with Crippen molar-refractivity contribution < 1.29 is 9.90 Å². The second-order valence-electron chi connectivity index (χ2n) is 4.60. The molecular weight excluding hydrogens is 276 g/mol. The van der Waals surface area contributed by atoms with Gasteiger partial charge in [0, 0.05) is 18.4 Å². The number of carboxylic acid groups (broad SMARTS) is 1. The van der Waals surface area contributed by atoms with Gasteiger partial charge in [-0.25, -0.2) is 14.8 Å². The van der Waals surface area contributed by atoms with E-state index in [9.17, 15) is 9.90 Å². The number of rotatable bonds is 3. The summed E-state index contributed by atoms with van der Waals surface area (Å²) in [5.74, 6) is -0.987. The first-order chi connectivity index (χ1) is 9.31. The standard InChI is InChI=1S/C13H16N4O2S/c1-6-7(2)14-13(15-8(6)3)20-11-10(12(18)19)9(4)16-17(11)5/h1-5H3,(H,18,19). The van der Waals surface area contributed by atoms with Crippen molar-refractivity contribution in [3.63, 3.8) is 0 Å². The van der Waals surface area contributed by atoms with Gasteiger partial charge in [0.15, 0.2) is 5.16 Å². The normalized spacial score (nSPS) is 10.8. The molecule has 2 rings (SSSR count). The maximum absolute atomic E-state index is 11.3. The number of carboxylic acids is 1. The molecule has 6 nitrogen and oxygen atoms in total. The summed E-state index contributed by atoms with van der Waals surface area (Å²) in [7, 11) is 1.72. The predicted octanol–water partition coefficient (Wildman–Crippen LogP) is 2.29. The number of nitrogens with zero attached hydrogens (tertiary/aromatic N) is 4. The summed E-state index contributed by atoms with van der Waals surface area (Å²) in [6.07, 6.45) is 0. The Hall–Kier alpha value is -1.89. The highest BCUT2D eigenvalue weighted by atomic mass is 32.2. The zero-order valence-corrected chi connectivity index (χ0v) is 12.9. The number of hydrogen-bond acceptors (Lipinski definition) is 5. The van der Waals surface area contributed by atoms with Crippen LogP contribution in [-0.4, -0.2) is 30.8 Å². The van der Waals surface area contributed by atoms with Gasteiger partial charge in [-0.1, -0.05) is 0 Å². The minimum Gasteiger partial charge on any atom is -0.478 e. The minimum atomic E-state index is -0.987. The third-order valence-corrected chi connectivity index (χ3v) is 4.21. The van der Waals surface area contributed by atoms with Crippen LogP contribution in [0.15, 0.2) is 10.2 Å². The van der Waals surface area contributed by atoms with Crippen molar-refractivity contribution in [3.8, 4) is 0 Å². The van der Waals surface area contributed by atoms with Crippen LogP contribution < -0.4 is 0 Å². The van der Waals surface area contributed by atoms with E-state index < -0.39 is 5.97 Å². The van der Waals surface area contributed by atoms with E-state index in [0.717, 1.165) is 17.0 Å². The van der Waals surface area contributed by atoms with Crippen molar-refractivity contribution in [2.45, 2.75) is 37.9 Å². The summed E-state index contributed by atoms with van der Waals surface area (Å²) >= 11 is 1.22. The van der Waals surface area contributed by atoms with E-state index in [1.807, 2.05) is 20.8 Å². The fourth-order valence-electron chi connectivity index (χ4n) is 1.87. The third kappa shape index (κ3) is 2.53. The van der Waals surface area contributed by atoms with Crippen molar-refractivity contribution in [3.05, 3.63) is 28.2 Å². The van der Waals surface area contributed by atoms with Crippen LogP contribution in [0.3, 0.4) is 0 Å². The Kier molecular flexibility index (Phi) is 3.80. The highest BCUT2D eigenvalue weighted by molar-refractivity contribution is 7.99. The van der Waals surface area contributed by atoms with Crippen LogP contribution in [-0.2, 0) is 7.05 Å². The van der Waals surface area contributed by atoms with Crippen LogP contribution in [0.1, 0.15) is 33.0 Å². The lowest BCUT2D eigenvalue weighted by Gasteiger charge is -2.07. The zero-order chi connectivity index (χ0) is 15.0. The topological polar surface area (TPSA) is 80.9 Å². The van der Waals surface area contributed by atoms with Crippen LogP contribution in [0.4, 0.5) is 0 Å². The Balaban J connectivity index is 2.48. The molecule has 0 spiro atoms. The molecule has 2 aromatic rings. The fraction of sp³-hybridized carbons (Fsp3) is 0.385. The Bertz CT molecular complexity index is 671. The Morgan fingerprint density at radius 3 is 2.15 bits per heavy atom. The number of aryl methyl sites for hydroxylation is 4. The molecule has 0 saturated carbocycles. The first-order valence-electron chi connectivity index (χ1n) is 6.07. The van der Waals surface area contributed by atoms with Gasteiger partial charge in [0.1, 0.15) is 10.6 Å². The lowest BCUT2D eigenvalue weighted by atomic mass is 10.2. The maximum Gasteiger partial charge on any atom is 0.340 e. The Morgan fingerprint density at radius 2 is 1.65 bits per heavy atom. The van der Waals surface area contributed by atoms with Crippen molar-refractivity contribution in [2.24, 2.45) is 7.05 Å². The summed E-state index contributed by atoms with van der Waals surface area (Å²) in [6, 6.07) is 0. The summed E-state index contributed by atoms with van der Waals surface area (Å²) in [5.41, 5.74) is 3.54. The van der Waals surface area contributed by atoms with E-state index in [-0.39, 0.29) is 5.56 Å². The van der Waals surface area contributed by atoms with Crippen molar-refractivity contribution in [2.75, 3.05) is 0 Å². The van der Waals surface area contributed by atoms with E-state index in [4.69, 9.17) is 0 Å². The van der Waals surface area contributed by atoms with Crippen LogP contribution in [0.5, 0.6) is 0 Å². The first kappa shape index (κ1) is 14.5. The molecule has 1 N–H and O–H groups in total. The molecule has 2 heterocycles. The Morgan fingerprint density at radius 1 is 1.10 bits per heavy atom. The van der Waals surface area contributed by atoms with Crippen LogP contribution >= 0.6 is 11.8 Å². The number of carbonyl (C=O) groups is 1. The molecule has 2 aromatic heterocycles. The first-order valence-corrected chi connectivity index (χ1v) is 6.89. The van der Waals surface area contributed by atoms with Gasteiger partial charge in [-0.15, -0.1) is 0 Å². The molecule has 0 aromatic carbocycles. The molecule has 7 heteroatoms. The lowest BCUT2D eigenvalue weighted by molar-refractivity contribution is 0.0692. The van der Waals surface area contributed by atoms with Crippen molar-refractivity contribution in [1.82, 2.24) is 19.7 Å². The molecule has 0 fully saturated rings. The molecule has 0 atom stereocenters. The molecule has 0 aliphatic rings. The molecule has 0 bridgehead atoms. The molecule has 0 aliphatic carbocycles. The van der Waals surface area contributed by atoms with E-state index >= 15 is 0 Å².